The summed E-state index contributed by atoms with van der Waals surface area (Å²) in [7, 11) is -3.39. The molecule has 24 heavy (non-hydrogen) atoms. The lowest BCUT2D eigenvalue weighted by molar-refractivity contribution is -0.121. The SMILES string of the molecule is CC(NC(=O)Cc1ccccc1NS(C)(=O)=O)c1ccc(Br)cc1. The van der Waals surface area contributed by atoms with Crippen molar-refractivity contribution in [2.24, 2.45) is 0 Å². The summed E-state index contributed by atoms with van der Waals surface area (Å²) in [4.78, 5) is 12.3. The lowest BCUT2D eigenvalue weighted by atomic mass is 10.1. The number of nitrogens with one attached hydrogen (secondary N) is 2. The topological polar surface area (TPSA) is 75.3 Å². The van der Waals surface area contributed by atoms with Crippen LogP contribution in [0.4, 0.5) is 5.69 Å². The van der Waals surface area contributed by atoms with Gasteiger partial charge in [-0.15, -0.1) is 0 Å². The number of halogens is 1. The van der Waals surface area contributed by atoms with E-state index in [2.05, 4.69) is 26.0 Å². The molecule has 2 N–H and O–H groups in total. The molecule has 1 unspecified atom stereocenters. The van der Waals surface area contributed by atoms with Crippen LogP contribution in [0.2, 0.25) is 0 Å². The molecular weight excluding hydrogens is 392 g/mol. The van der Waals surface area contributed by atoms with Crippen LogP contribution in [-0.2, 0) is 21.2 Å². The third kappa shape index (κ3) is 5.65. The van der Waals surface area contributed by atoms with Crippen molar-refractivity contribution in [2.45, 2.75) is 19.4 Å². The Hall–Kier alpha value is -1.86. The zero-order chi connectivity index (χ0) is 17.7. The second-order valence-corrected chi connectivity index (χ2v) is 8.21. The van der Waals surface area contributed by atoms with E-state index >= 15 is 0 Å². The number of benzene rings is 2. The van der Waals surface area contributed by atoms with Crippen molar-refractivity contribution in [1.29, 1.82) is 0 Å². The number of carbonyl (C=O) groups is 1. The van der Waals surface area contributed by atoms with E-state index < -0.39 is 10.0 Å². The molecule has 5 nitrogen and oxygen atoms in total. The van der Waals surface area contributed by atoms with Crippen molar-refractivity contribution in [3.63, 3.8) is 0 Å². The first-order valence-electron chi connectivity index (χ1n) is 7.35. The summed E-state index contributed by atoms with van der Waals surface area (Å²) in [5.74, 6) is -0.173. The molecule has 0 saturated carbocycles. The van der Waals surface area contributed by atoms with Gasteiger partial charge in [-0.2, -0.15) is 0 Å². The maximum absolute atomic E-state index is 12.3. The molecule has 1 atom stereocenters. The Morgan fingerprint density at radius 3 is 2.38 bits per heavy atom. The van der Waals surface area contributed by atoms with Crippen LogP contribution >= 0.6 is 15.9 Å². The van der Waals surface area contributed by atoms with Crippen molar-refractivity contribution in [3.05, 3.63) is 64.1 Å². The highest BCUT2D eigenvalue weighted by Crippen LogP contribution is 2.19. The Kier molecular flexibility index (Phi) is 6.01. The second kappa shape index (κ2) is 7.81. The highest BCUT2D eigenvalue weighted by atomic mass is 79.9. The maximum Gasteiger partial charge on any atom is 0.229 e. The first-order chi connectivity index (χ1) is 11.2. The van der Waals surface area contributed by atoms with Gasteiger partial charge in [0, 0.05) is 4.47 Å². The Morgan fingerprint density at radius 1 is 1.12 bits per heavy atom. The molecule has 2 aromatic carbocycles. The van der Waals surface area contributed by atoms with Gasteiger partial charge < -0.3 is 5.32 Å². The molecule has 0 saturated heterocycles. The first kappa shape index (κ1) is 18.5. The van der Waals surface area contributed by atoms with E-state index in [0.717, 1.165) is 16.3 Å². The summed E-state index contributed by atoms with van der Waals surface area (Å²) in [6, 6.07) is 14.4. The van der Waals surface area contributed by atoms with Gasteiger partial charge in [-0.05, 0) is 36.2 Å². The number of amides is 1. The molecule has 0 aliphatic rings. The fraction of sp³-hybridized carbons (Fsp3) is 0.235. The normalized spacial score (nSPS) is 12.5. The second-order valence-electron chi connectivity index (χ2n) is 5.55. The third-order valence-electron chi connectivity index (χ3n) is 3.41. The Morgan fingerprint density at radius 2 is 1.75 bits per heavy atom. The Bertz CT molecular complexity index is 820. The number of sulfonamides is 1. The molecule has 0 radical (unpaired) electrons. The van der Waals surface area contributed by atoms with Crippen LogP contribution in [0.1, 0.15) is 24.1 Å². The molecule has 0 aliphatic carbocycles. The predicted octanol–water partition coefficient (Wildman–Crippen LogP) is 3.24. The molecular formula is C17H19BrN2O3S. The molecule has 0 fully saturated rings. The van der Waals surface area contributed by atoms with E-state index in [1.54, 1.807) is 24.3 Å². The van der Waals surface area contributed by atoms with Crippen molar-refractivity contribution in [1.82, 2.24) is 5.32 Å². The van der Waals surface area contributed by atoms with Gasteiger partial charge in [0.1, 0.15) is 0 Å². The molecule has 0 aliphatic heterocycles. The summed E-state index contributed by atoms with van der Waals surface area (Å²) in [5.41, 5.74) is 2.05. The van der Waals surface area contributed by atoms with Crippen molar-refractivity contribution in [2.75, 3.05) is 11.0 Å². The van der Waals surface area contributed by atoms with Crippen LogP contribution in [0.25, 0.3) is 0 Å². The minimum absolute atomic E-state index is 0.0968. The fourth-order valence-corrected chi connectivity index (χ4v) is 3.14. The zero-order valence-electron chi connectivity index (χ0n) is 13.4. The summed E-state index contributed by atoms with van der Waals surface area (Å²) >= 11 is 3.38. The van der Waals surface area contributed by atoms with Crippen molar-refractivity contribution in [3.8, 4) is 0 Å². The van der Waals surface area contributed by atoms with Gasteiger partial charge in [0.05, 0.1) is 24.4 Å². The highest BCUT2D eigenvalue weighted by molar-refractivity contribution is 9.10. The smallest absolute Gasteiger partial charge is 0.229 e. The number of hydrogen-bond acceptors (Lipinski definition) is 3. The number of para-hydroxylation sites is 1. The largest absolute Gasteiger partial charge is 0.349 e. The molecule has 2 rings (SSSR count). The average Bonchev–Trinajstić information content (AvgIpc) is 2.48. The molecule has 0 spiro atoms. The van der Waals surface area contributed by atoms with Crippen LogP contribution in [0, 0.1) is 0 Å². The van der Waals surface area contributed by atoms with Gasteiger partial charge in [-0.1, -0.05) is 46.3 Å². The van der Waals surface area contributed by atoms with Crippen LogP contribution in [-0.4, -0.2) is 20.6 Å². The van der Waals surface area contributed by atoms with Crippen LogP contribution in [0.5, 0.6) is 0 Å². The van der Waals surface area contributed by atoms with E-state index in [9.17, 15) is 13.2 Å². The van der Waals surface area contributed by atoms with E-state index in [-0.39, 0.29) is 18.4 Å². The minimum atomic E-state index is -3.39. The molecule has 0 aromatic heterocycles. The van der Waals surface area contributed by atoms with Crippen molar-refractivity contribution < 1.29 is 13.2 Å². The quantitative estimate of drug-likeness (QED) is 0.767. The summed E-state index contributed by atoms with van der Waals surface area (Å²) in [6.45, 7) is 1.90. The summed E-state index contributed by atoms with van der Waals surface area (Å²) in [6.07, 6.45) is 1.18. The maximum atomic E-state index is 12.3. The van der Waals surface area contributed by atoms with E-state index in [4.69, 9.17) is 0 Å². The van der Waals surface area contributed by atoms with E-state index in [1.165, 1.54) is 0 Å². The zero-order valence-corrected chi connectivity index (χ0v) is 15.8. The molecule has 128 valence electrons. The molecule has 0 bridgehead atoms. The number of hydrogen-bond donors (Lipinski definition) is 2. The predicted molar refractivity (Wildman–Crippen MR) is 99.3 cm³/mol. The molecule has 2 aromatic rings. The lowest BCUT2D eigenvalue weighted by Crippen LogP contribution is -2.28. The van der Waals surface area contributed by atoms with Crippen LogP contribution < -0.4 is 10.0 Å². The van der Waals surface area contributed by atoms with E-state index in [0.29, 0.717) is 11.3 Å². The van der Waals surface area contributed by atoms with Crippen molar-refractivity contribution >= 4 is 37.5 Å². The van der Waals surface area contributed by atoms with E-state index in [1.807, 2.05) is 31.2 Å². The highest BCUT2D eigenvalue weighted by Gasteiger charge is 2.13. The van der Waals surface area contributed by atoms with Gasteiger partial charge in [-0.25, -0.2) is 8.42 Å². The summed E-state index contributed by atoms with van der Waals surface area (Å²) < 4.78 is 26.2. The monoisotopic (exact) mass is 410 g/mol. The minimum Gasteiger partial charge on any atom is -0.349 e. The number of carbonyl (C=O) groups excluding carboxylic acids is 1. The van der Waals surface area contributed by atoms with Gasteiger partial charge >= 0.3 is 0 Å². The van der Waals surface area contributed by atoms with Crippen LogP contribution in [0.3, 0.4) is 0 Å². The van der Waals surface area contributed by atoms with Gasteiger partial charge in [-0.3, -0.25) is 9.52 Å². The molecule has 7 heteroatoms. The molecule has 0 heterocycles. The number of rotatable bonds is 6. The Labute approximate surface area is 150 Å². The molecule has 1 amide bonds. The first-order valence-corrected chi connectivity index (χ1v) is 10.0. The van der Waals surface area contributed by atoms with Gasteiger partial charge in [0.25, 0.3) is 0 Å². The standard InChI is InChI=1S/C17H19BrN2O3S/c1-12(13-7-9-15(18)10-8-13)19-17(21)11-14-5-3-4-6-16(14)20-24(2,22)23/h3-10,12,20H,11H2,1-2H3,(H,19,21). The average molecular weight is 411 g/mol. The van der Waals surface area contributed by atoms with Crippen LogP contribution in [0.15, 0.2) is 53.0 Å². The lowest BCUT2D eigenvalue weighted by Gasteiger charge is -2.16. The Balaban J connectivity index is 2.06. The fourth-order valence-electron chi connectivity index (χ4n) is 2.27. The van der Waals surface area contributed by atoms with Gasteiger partial charge in [0.15, 0.2) is 0 Å². The summed E-state index contributed by atoms with van der Waals surface area (Å²) in [5, 5.41) is 2.92. The number of anilines is 1. The van der Waals surface area contributed by atoms with Gasteiger partial charge in [0.2, 0.25) is 15.9 Å². The third-order valence-corrected chi connectivity index (χ3v) is 4.53.